The maximum atomic E-state index is 12.8. The van der Waals surface area contributed by atoms with Gasteiger partial charge < -0.3 is 0 Å². The van der Waals surface area contributed by atoms with E-state index < -0.39 is 28.0 Å². The van der Waals surface area contributed by atoms with Crippen molar-refractivity contribution in [1.29, 1.82) is 0 Å². The molecule has 11 heteroatoms. The van der Waals surface area contributed by atoms with Crippen LogP contribution in [0.3, 0.4) is 0 Å². The number of aryl methyl sites for hydroxylation is 1. The van der Waals surface area contributed by atoms with Crippen molar-refractivity contribution in [3.63, 3.8) is 0 Å². The Morgan fingerprint density at radius 2 is 1.91 bits per heavy atom. The van der Waals surface area contributed by atoms with Gasteiger partial charge in [-0.15, -0.1) is 0 Å². The summed E-state index contributed by atoms with van der Waals surface area (Å²) in [6.07, 6.45) is -5.43. The molecule has 1 aliphatic rings. The van der Waals surface area contributed by atoms with E-state index in [1.807, 2.05) is 0 Å². The van der Waals surface area contributed by atoms with Crippen LogP contribution in [0.4, 0.5) is 13.2 Å². The summed E-state index contributed by atoms with van der Waals surface area (Å²) in [6.45, 7) is -0.357. The van der Waals surface area contributed by atoms with E-state index in [2.05, 4.69) is 4.98 Å². The molecule has 1 aromatic carbocycles. The Morgan fingerprint density at radius 3 is 2.50 bits per heavy atom. The minimum atomic E-state index is -4.34. The molecular formula is C21H22ClF3N2O4S. The van der Waals surface area contributed by atoms with Gasteiger partial charge in [-0.05, 0) is 30.9 Å². The second-order valence-electron chi connectivity index (χ2n) is 7.97. The van der Waals surface area contributed by atoms with E-state index in [-0.39, 0.29) is 60.5 Å². The fourth-order valence-corrected chi connectivity index (χ4v) is 5.71. The minimum Gasteiger partial charge on any atom is -0.298 e. The first-order chi connectivity index (χ1) is 14.9. The highest BCUT2D eigenvalue weighted by Crippen LogP contribution is 2.24. The molecule has 1 atom stereocenters. The Kier molecular flexibility index (Phi) is 7.44. The molecule has 1 fully saturated rings. The van der Waals surface area contributed by atoms with Gasteiger partial charge in [-0.1, -0.05) is 23.7 Å². The summed E-state index contributed by atoms with van der Waals surface area (Å²) in [5.41, 5.74) is 0.289. The third-order valence-corrected chi connectivity index (χ3v) is 7.35. The van der Waals surface area contributed by atoms with E-state index in [1.165, 1.54) is 6.07 Å². The van der Waals surface area contributed by atoms with E-state index in [0.29, 0.717) is 17.0 Å². The average Bonchev–Trinajstić information content (AvgIpc) is 3.02. The monoisotopic (exact) mass is 490 g/mol. The molecule has 0 N–H and O–H groups in total. The van der Waals surface area contributed by atoms with E-state index in [9.17, 15) is 31.2 Å². The zero-order chi connectivity index (χ0) is 23.5. The van der Waals surface area contributed by atoms with Crippen LogP contribution in [0, 0.1) is 5.92 Å². The molecule has 1 unspecified atom stereocenters. The highest BCUT2D eigenvalue weighted by Gasteiger charge is 2.30. The normalized spacial score (nSPS) is 18.1. The first-order valence-corrected chi connectivity index (χ1v) is 12.3. The summed E-state index contributed by atoms with van der Waals surface area (Å²) in [5.74, 6) is -0.616. The van der Waals surface area contributed by atoms with Crippen molar-refractivity contribution >= 4 is 27.2 Å². The lowest BCUT2D eigenvalue weighted by Gasteiger charge is -2.15. The second kappa shape index (κ2) is 9.74. The van der Waals surface area contributed by atoms with Crippen LogP contribution in [0.25, 0.3) is 11.3 Å². The van der Waals surface area contributed by atoms with Gasteiger partial charge >= 0.3 is 6.18 Å². The van der Waals surface area contributed by atoms with Crippen molar-refractivity contribution in [3.8, 4) is 11.3 Å². The third-order valence-electron chi connectivity index (χ3n) is 5.27. The molecule has 0 spiro atoms. The fourth-order valence-electron chi connectivity index (χ4n) is 3.73. The lowest BCUT2D eigenvalue weighted by atomic mass is 10.0. The van der Waals surface area contributed by atoms with Gasteiger partial charge in [0.05, 0.1) is 23.7 Å². The number of benzene rings is 1. The first kappa shape index (κ1) is 24.4. The molecule has 6 nitrogen and oxygen atoms in total. The highest BCUT2D eigenvalue weighted by atomic mass is 35.5. The molecule has 174 valence electrons. The van der Waals surface area contributed by atoms with Crippen molar-refractivity contribution in [1.82, 2.24) is 9.55 Å². The van der Waals surface area contributed by atoms with Crippen LogP contribution in [0.2, 0.25) is 5.02 Å². The number of nitrogens with zero attached hydrogens (tertiary/aromatic N) is 2. The molecule has 0 aliphatic carbocycles. The smallest absolute Gasteiger partial charge is 0.298 e. The third kappa shape index (κ3) is 6.90. The van der Waals surface area contributed by atoms with Crippen molar-refractivity contribution in [3.05, 3.63) is 51.5 Å². The van der Waals surface area contributed by atoms with Gasteiger partial charge in [0.2, 0.25) is 0 Å². The summed E-state index contributed by atoms with van der Waals surface area (Å²) >= 11 is 5.87. The van der Waals surface area contributed by atoms with Crippen LogP contribution < -0.4 is 5.56 Å². The predicted molar refractivity (Wildman–Crippen MR) is 114 cm³/mol. The van der Waals surface area contributed by atoms with E-state index >= 15 is 0 Å². The number of ketones is 1. The number of alkyl halides is 3. The maximum Gasteiger partial charge on any atom is 0.389 e. The number of carbonyl (C=O) groups excluding carboxylic acids is 1. The zero-order valence-corrected chi connectivity index (χ0v) is 18.6. The number of Topliss-reactive ketones (excluding diaryl/α,β-unsaturated/α-hetero) is 1. The molecule has 0 amide bonds. The number of sulfone groups is 1. The van der Waals surface area contributed by atoms with Crippen LogP contribution in [-0.2, 0) is 27.6 Å². The molecule has 2 heterocycles. The zero-order valence-electron chi connectivity index (χ0n) is 17.1. The van der Waals surface area contributed by atoms with Crippen LogP contribution in [-0.4, -0.2) is 41.4 Å². The van der Waals surface area contributed by atoms with Crippen molar-refractivity contribution in [2.75, 3.05) is 11.5 Å². The minimum absolute atomic E-state index is 0.00734. The molecular weight excluding hydrogens is 469 g/mol. The molecule has 1 aliphatic heterocycles. The molecule has 0 saturated carbocycles. The van der Waals surface area contributed by atoms with Gasteiger partial charge in [0.15, 0.2) is 15.6 Å². The van der Waals surface area contributed by atoms with Crippen LogP contribution in [0.5, 0.6) is 0 Å². The lowest BCUT2D eigenvalue weighted by molar-refractivity contribution is -0.135. The van der Waals surface area contributed by atoms with Crippen molar-refractivity contribution in [2.24, 2.45) is 5.92 Å². The average molecular weight is 491 g/mol. The van der Waals surface area contributed by atoms with E-state index in [1.54, 1.807) is 24.3 Å². The fraction of sp³-hybridized carbons (Fsp3) is 0.476. The van der Waals surface area contributed by atoms with Gasteiger partial charge in [0.1, 0.15) is 5.82 Å². The topological polar surface area (TPSA) is 86.1 Å². The Hall–Kier alpha value is -2.20. The molecule has 2 aromatic rings. The number of carbonyl (C=O) groups is 1. The first-order valence-electron chi connectivity index (χ1n) is 10.1. The molecule has 0 radical (unpaired) electrons. The number of hydrogen-bond donors (Lipinski definition) is 0. The van der Waals surface area contributed by atoms with Crippen LogP contribution >= 0.6 is 11.6 Å². The van der Waals surface area contributed by atoms with Gasteiger partial charge in [-0.2, -0.15) is 13.2 Å². The van der Waals surface area contributed by atoms with Crippen molar-refractivity contribution in [2.45, 2.75) is 44.8 Å². The van der Waals surface area contributed by atoms with Gasteiger partial charge in [-0.3, -0.25) is 14.2 Å². The largest absolute Gasteiger partial charge is 0.389 e. The molecule has 1 aromatic heterocycles. The quantitative estimate of drug-likeness (QED) is 0.561. The summed E-state index contributed by atoms with van der Waals surface area (Å²) < 4.78 is 62.1. The molecule has 0 bridgehead atoms. The number of hydrogen-bond acceptors (Lipinski definition) is 5. The van der Waals surface area contributed by atoms with Crippen LogP contribution in [0.1, 0.15) is 31.5 Å². The molecule has 32 heavy (non-hydrogen) atoms. The summed E-state index contributed by atoms with van der Waals surface area (Å²) in [7, 11) is -3.14. The maximum absolute atomic E-state index is 12.8. The standard InChI is InChI=1S/C21H22ClF3N2O4S/c22-16-5-3-15(4-6-16)18-11-20(29)27(19(26-18)2-1-8-21(23,24)25)12-17(28)10-14-7-9-32(30,31)13-14/h3-6,11,14H,1-2,7-10,12-13H2. The van der Waals surface area contributed by atoms with Gasteiger partial charge in [0.25, 0.3) is 5.56 Å². The summed E-state index contributed by atoms with van der Waals surface area (Å²) in [5, 5.41) is 0.479. The predicted octanol–water partition coefficient (Wildman–Crippen LogP) is 3.84. The molecule has 1 saturated heterocycles. The Morgan fingerprint density at radius 1 is 1.22 bits per heavy atom. The van der Waals surface area contributed by atoms with Gasteiger partial charge in [0, 0.05) is 35.9 Å². The number of aromatic nitrogens is 2. The Bertz CT molecular complexity index is 1150. The van der Waals surface area contributed by atoms with Crippen LogP contribution in [0.15, 0.2) is 35.1 Å². The number of rotatable bonds is 8. The van der Waals surface area contributed by atoms with Gasteiger partial charge in [-0.25, -0.2) is 13.4 Å². The number of halogens is 4. The lowest BCUT2D eigenvalue weighted by Crippen LogP contribution is -2.29. The Labute approximate surface area is 188 Å². The Balaban J connectivity index is 1.84. The summed E-state index contributed by atoms with van der Waals surface area (Å²) in [6, 6.07) is 7.71. The highest BCUT2D eigenvalue weighted by molar-refractivity contribution is 7.91. The molecule has 3 rings (SSSR count). The SMILES string of the molecule is O=C(CC1CCS(=O)(=O)C1)Cn1c(CCCC(F)(F)F)nc(-c2ccc(Cl)cc2)cc1=O. The second-order valence-corrected chi connectivity index (χ2v) is 10.6. The van der Waals surface area contributed by atoms with E-state index in [0.717, 1.165) is 4.57 Å². The van der Waals surface area contributed by atoms with Crippen molar-refractivity contribution < 1.29 is 26.4 Å². The van der Waals surface area contributed by atoms with E-state index in [4.69, 9.17) is 11.6 Å². The summed E-state index contributed by atoms with van der Waals surface area (Å²) in [4.78, 5) is 29.7.